The quantitative estimate of drug-likeness (QED) is 0.0119. The van der Waals surface area contributed by atoms with E-state index in [1.807, 2.05) is 110 Å². The van der Waals surface area contributed by atoms with Gasteiger partial charge >= 0.3 is 0 Å². The van der Waals surface area contributed by atoms with Gasteiger partial charge in [-0.15, -0.1) is 0 Å². The van der Waals surface area contributed by atoms with Crippen LogP contribution in [0.1, 0.15) is 111 Å². The Hall–Kier alpha value is -16.9. The molecule has 0 aliphatic heterocycles. The number of nitrogens with zero attached hydrogens (tertiary/aromatic N) is 8. The lowest BCUT2D eigenvalue weighted by Gasteiger charge is -2.15. The molecule has 0 radical (unpaired) electrons. The van der Waals surface area contributed by atoms with Crippen LogP contribution >= 0.6 is 0 Å². The number of phenols is 9. The monoisotopic (exact) mass is 1850 g/mol. The molecule has 0 amide bonds. The van der Waals surface area contributed by atoms with Gasteiger partial charge in [0.25, 0.3) is 0 Å². The van der Waals surface area contributed by atoms with Crippen LogP contribution < -0.4 is 18.9 Å². The van der Waals surface area contributed by atoms with Crippen LogP contribution in [-0.4, -0.2) is 112 Å². The summed E-state index contributed by atoms with van der Waals surface area (Å²) in [6.45, 7) is 10.6. The highest BCUT2D eigenvalue weighted by atomic mass is 16.5. The van der Waals surface area contributed by atoms with E-state index >= 15 is 0 Å². The number of hydrogen-bond donors (Lipinski definition) is 9. The number of fused-ring (bicyclic) bond motifs is 7. The smallest absolute Gasteiger partial charge is 0.217 e. The minimum atomic E-state index is -0.323. The second-order valence-corrected chi connectivity index (χ2v) is 34.8. The number of aromatic hydroxyl groups is 9. The highest BCUT2D eigenvalue weighted by Crippen LogP contribution is 2.48. The Kier molecular flexibility index (Phi) is 28.7. The van der Waals surface area contributed by atoms with E-state index in [-0.39, 0.29) is 85.9 Å². The molecule has 21 aromatic rings. The largest absolute Gasteiger partial charge is 0.508 e. The molecule has 4 heterocycles. The first kappa shape index (κ1) is 93.5. The van der Waals surface area contributed by atoms with E-state index in [4.69, 9.17) is 33.9 Å². The summed E-state index contributed by atoms with van der Waals surface area (Å²) >= 11 is 0. The molecule has 21 heteroatoms. The van der Waals surface area contributed by atoms with Crippen molar-refractivity contribution >= 4 is 97.0 Å². The molecule has 0 aliphatic rings. The minimum absolute atomic E-state index is 0.0304. The van der Waals surface area contributed by atoms with Crippen molar-refractivity contribution < 1.29 is 64.9 Å². The van der Waals surface area contributed by atoms with E-state index < -0.39 is 0 Å². The fraction of sp³-hybridized carbons (Fsp3) is 0.176. The average molecular weight is 1860 g/mol. The molecule has 0 bridgehead atoms. The number of rotatable bonds is 29. The zero-order valence-corrected chi connectivity index (χ0v) is 78.2. The zero-order chi connectivity index (χ0) is 96.7. The number of phenolic OH excluding ortho intramolecular Hbond substituents is 9. The summed E-state index contributed by atoms with van der Waals surface area (Å²) in [5.41, 5.74) is 7.23. The van der Waals surface area contributed by atoms with Crippen molar-refractivity contribution in [1.29, 1.82) is 0 Å². The predicted molar refractivity (Wildman–Crippen MR) is 560 cm³/mol. The molecule has 0 aliphatic carbocycles. The Bertz CT molecular complexity index is 7960. The number of aromatic nitrogens is 8. The summed E-state index contributed by atoms with van der Waals surface area (Å²) in [7, 11) is 0. The molecule has 0 saturated heterocycles. The maximum atomic E-state index is 10.5. The normalized spacial score (nSPS) is 11.3. The summed E-state index contributed by atoms with van der Waals surface area (Å²) in [4.78, 5) is 37.3. The van der Waals surface area contributed by atoms with E-state index in [1.165, 1.54) is 57.3 Å². The fourth-order valence-electron chi connectivity index (χ4n) is 18.0. The Morgan fingerprint density at radius 1 is 0.200 bits per heavy atom. The van der Waals surface area contributed by atoms with E-state index in [9.17, 15) is 46.0 Å². The molecule has 4 aromatic heterocycles. The molecular weight excluding hydrogens is 1750 g/mol. The lowest BCUT2D eigenvalue weighted by molar-refractivity contribution is 0.293. The first-order chi connectivity index (χ1) is 68.4. The van der Waals surface area contributed by atoms with E-state index in [0.29, 0.717) is 78.4 Å². The van der Waals surface area contributed by atoms with Crippen LogP contribution in [0.3, 0.4) is 0 Å². The summed E-state index contributed by atoms with van der Waals surface area (Å²) in [5, 5.41) is 113. The number of ether oxygens (including phenoxy) is 4. The number of para-hydroxylation sites is 1. The third-order valence-corrected chi connectivity index (χ3v) is 24.9. The highest BCUT2D eigenvalue weighted by Gasteiger charge is 2.26. The number of benzene rings is 17. The van der Waals surface area contributed by atoms with Gasteiger partial charge in [-0.2, -0.15) is 19.9 Å². The van der Waals surface area contributed by atoms with Gasteiger partial charge in [-0.25, -0.2) is 19.9 Å². The predicted octanol–water partition coefficient (Wildman–Crippen LogP) is 29.1. The van der Waals surface area contributed by atoms with Crippen LogP contribution in [0.5, 0.6) is 75.3 Å². The van der Waals surface area contributed by atoms with Crippen molar-refractivity contribution in [3.8, 4) is 166 Å². The maximum Gasteiger partial charge on any atom is 0.217 e. The molecule has 17 aromatic carbocycles. The molecule has 140 heavy (non-hydrogen) atoms. The molecule has 0 saturated carbocycles. The summed E-state index contributed by atoms with van der Waals surface area (Å²) in [6.07, 6.45) is 13.9. The van der Waals surface area contributed by atoms with Gasteiger partial charge < -0.3 is 64.9 Å². The van der Waals surface area contributed by atoms with Crippen LogP contribution in [0, 0.1) is 0 Å². The van der Waals surface area contributed by atoms with Crippen molar-refractivity contribution in [1.82, 2.24) is 39.9 Å². The van der Waals surface area contributed by atoms with Crippen molar-refractivity contribution in [2.75, 3.05) is 26.4 Å². The molecule has 9 N–H and O–H groups in total. The highest BCUT2D eigenvalue weighted by molar-refractivity contribution is 6.25. The lowest BCUT2D eigenvalue weighted by atomic mass is 9.91. The first-order valence-electron chi connectivity index (χ1n) is 47.7. The van der Waals surface area contributed by atoms with Gasteiger partial charge in [-0.1, -0.05) is 292 Å². The molecule has 0 unspecified atom stereocenters. The SMILES string of the molecule is CCCCCCOc1cc(-c2c3ccccc3cc3ccccc23)nc(-c2c(O)cccc2O)n1.CCCCCCOc1cc(-c2cc3ccccc3c3ccccc23)nc(-c2c(O)cc(O)cc2O)n1.CCCCCCOc1cc(-c2ccc3ccc4cccc5ccc2c3c45)nc(-c2ccccc2O)n1.CCCOc1cc(-c2ccc3cc4ccccc4cc3c2)nc(-c2c(O)cc(O)cc2O)n1. The fourth-order valence-corrected chi connectivity index (χ4v) is 18.0. The van der Waals surface area contributed by atoms with Crippen LogP contribution in [-0.2, 0) is 0 Å². The number of unbranched alkanes of at least 4 members (excludes halogenated alkanes) is 9. The molecule has 21 rings (SSSR count). The lowest BCUT2D eigenvalue weighted by Crippen LogP contribution is -2.03. The van der Waals surface area contributed by atoms with Gasteiger partial charge in [-0.3, -0.25) is 0 Å². The second kappa shape index (κ2) is 43.0. The second-order valence-electron chi connectivity index (χ2n) is 34.8. The molecule has 0 fully saturated rings. The third kappa shape index (κ3) is 20.7. The van der Waals surface area contributed by atoms with E-state index in [2.05, 4.69) is 185 Å². The topological polar surface area (TPSA) is 322 Å². The minimum Gasteiger partial charge on any atom is -0.508 e. The summed E-state index contributed by atoms with van der Waals surface area (Å²) in [5.74, 6) is 0.730. The van der Waals surface area contributed by atoms with Crippen molar-refractivity contribution in [2.24, 2.45) is 0 Å². The zero-order valence-electron chi connectivity index (χ0n) is 78.2. The van der Waals surface area contributed by atoms with Gasteiger partial charge in [0, 0.05) is 70.8 Å². The van der Waals surface area contributed by atoms with Crippen molar-refractivity contribution in [2.45, 2.75) is 111 Å². The summed E-state index contributed by atoms with van der Waals surface area (Å²) in [6, 6.07) is 98.8. The van der Waals surface area contributed by atoms with Crippen molar-refractivity contribution in [3.63, 3.8) is 0 Å². The molecule has 0 atom stereocenters. The third-order valence-electron chi connectivity index (χ3n) is 24.9. The Labute approximate surface area is 809 Å². The van der Waals surface area contributed by atoms with Gasteiger partial charge in [-0.05, 0) is 177 Å². The van der Waals surface area contributed by atoms with Crippen LogP contribution in [0.15, 0.2) is 309 Å². The van der Waals surface area contributed by atoms with E-state index in [0.717, 1.165) is 187 Å². The standard InChI is InChI=1S/C32H28N2O2.C30H28N2O4.C30H28N2O3.C27H22N2O4/c1-2-3-4-7-19-36-29-20-27(33-32(34-29)26-11-5-6-12-28(26)35)24-17-15-23-14-13-21-9-8-10-22-16-18-25(24)31(23)30(21)22;1-2-3-4-9-14-36-28-18-25(31-30(32-28)29-26(34)16-20(33)17-27(29)35)24-15-19-10-5-6-11-21(19)22-12-7-8-13-23(22)24;1-2-3-4-9-17-35-27-19-24(31-30(32-27)29-25(33)15-10-16-26(29)34)28-22-13-7-5-11-20(22)18-21-12-6-8-14-23(21)28;1-2-9-33-25-15-22(28-27(29-25)26-23(31)13-21(30)14-24(26)32)19-8-7-18-10-16-5-3-4-6-17(16)11-20(18)12-19/h5-6,8-18,20,35H,2-4,7,19H2,1H3;5-8,10-13,15-18,33-35H,2-4,9,14H2,1H3;5-8,10-16,18-19,33-34H,2-4,9,17H2,1H3;3-8,10-15,30-32H,2,9H2,1H3. The van der Waals surface area contributed by atoms with Crippen LogP contribution in [0.25, 0.3) is 188 Å². The van der Waals surface area contributed by atoms with Crippen LogP contribution in [0.2, 0.25) is 0 Å². The number of hydrogen-bond acceptors (Lipinski definition) is 21. The maximum absolute atomic E-state index is 10.5. The van der Waals surface area contributed by atoms with Gasteiger partial charge in [0.2, 0.25) is 23.5 Å². The average Bonchev–Trinajstić information content (AvgIpc) is 0.730. The molecule has 0 spiro atoms. The Morgan fingerprint density at radius 3 is 1.11 bits per heavy atom. The van der Waals surface area contributed by atoms with Crippen LogP contribution in [0.4, 0.5) is 0 Å². The first-order valence-corrected chi connectivity index (χ1v) is 47.7. The van der Waals surface area contributed by atoms with Gasteiger partial charge in [0.05, 0.1) is 54.8 Å². The van der Waals surface area contributed by atoms with E-state index in [1.54, 1.807) is 30.3 Å². The van der Waals surface area contributed by atoms with Crippen molar-refractivity contribution in [3.05, 3.63) is 309 Å². The van der Waals surface area contributed by atoms with Gasteiger partial charge in [0.1, 0.15) is 68.4 Å². The Balaban J connectivity index is 0.000000124. The molecular formula is C119H106N8O13. The van der Waals surface area contributed by atoms with Gasteiger partial charge in [0.15, 0.2) is 23.3 Å². The molecule has 700 valence electrons. The summed E-state index contributed by atoms with van der Waals surface area (Å²) < 4.78 is 24.0. The molecule has 21 nitrogen and oxygen atoms in total. The Morgan fingerprint density at radius 2 is 0.571 bits per heavy atom.